The number of unbranched alkanes of at least 4 members (excludes halogenated alkanes) is 1. The van der Waals surface area contributed by atoms with Gasteiger partial charge in [0.15, 0.2) is 0 Å². The van der Waals surface area contributed by atoms with Gasteiger partial charge in [0.05, 0.1) is 6.42 Å². The molecule has 3 heteroatoms. The van der Waals surface area contributed by atoms with Gasteiger partial charge in [0.1, 0.15) is 0 Å². The van der Waals surface area contributed by atoms with Gasteiger partial charge in [0.25, 0.3) is 0 Å². The Kier molecular flexibility index (Phi) is 6.91. The Labute approximate surface area is 132 Å². The summed E-state index contributed by atoms with van der Waals surface area (Å²) in [5.74, 6) is 0.0740. The normalized spacial score (nSPS) is 10.8. The van der Waals surface area contributed by atoms with Crippen molar-refractivity contribution in [1.82, 2.24) is 5.32 Å². The zero-order valence-electron chi connectivity index (χ0n) is 13.3. The summed E-state index contributed by atoms with van der Waals surface area (Å²) in [5.41, 5.74) is 1.08. The molecule has 0 aliphatic carbocycles. The Hall–Kier alpha value is -1.87. The largest absolute Gasteiger partial charge is 0.381 e. The zero-order valence-corrected chi connectivity index (χ0v) is 13.3. The minimum atomic E-state index is 0.0740. The Morgan fingerprint density at radius 1 is 1.05 bits per heavy atom. The maximum absolute atomic E-state index is 12.0. The van der Waals surface area contributed by atoms with Crippen molar-refractivity contribution in [1.29, 1.82) is 0 Å². The van der Waals surface area contributed by atoms with Gasteiger partial charge in [-0.1, -0.05) is 55.8 Å². The van der Waals surface area contributed by atoms with Gasteiger partial charge in [0, 0.05) is 19.8 Å². The second-order valence-electron chi connectivity index (χ2n) is 5.48. The highest BCUT2D eigenvalue weighted by Crippen LogP contribution is 2.18. The van der Waals surface area contributed by atoms with Crippen molar-refractivity contribution in [3.63, 3.8) is 0 Å². The number of rotatable bonds is 9. The summed E-state index contributed by atoms with van der Waals surface area (Å²) in [6.45, 7) is 4.36. The highest BCUT2D eigenvalue weighted by Gasteiger charge is 2.06. The molecule has 2 aromatic rings. The summed E-state index contributed by atoms with van der Waals surface area (Å²) in [6.07, 6.45) is 3.55. The summed E-state index contributed by atoms with van der Waals surface area (Å²) in [7, 11) is 0. The van der Waals surface area contributed by atoms with E-state index in [0.29, 0.717) is 19.6 Å². The Morgan fingerprint density at radius 3 is 2.68 bits per heavy atom. The summed E-state index contributed by atoms with van der Waals surface area (Å²) < 4.78 is 5.48. The highest BCUT2D eigenvalue weighted by atomic mass is 16.5. The Bertz CT molecular complexity index is 590. The molecule has 0 spiro atoms. The molecule has 0 unspecified atom stereocenters. The molecule has 0 aliphatic rings. The predicted octanol–water partition coefficient (Wildman–Crippen LogP) is 3.71. The van der Waals surface area contributed by atoms with Crippen LogP contribution in [0, 0.1) is 0 Å². The van der Waals surface area contributed by atoms with Gasteiger partial charge in [-0.2, -0.15) is 0 Å². The van der Waals surface area contributed by atoms with Crippen LogP contribution in [0.5, 0.6) is 0 Å². The quantitative estimate of drug-likeness (QED) is 0.717. The second-order valence-corrected chi connectivity index (χ2v) is 5.48. The molecule has 0 atom stereocenters. The molecule has 118 valence electrons. The lowest BCUT2D eigenvalue weighted by Crippen LogP contribution is -2.26. The lowest BCUT2D eigenvalue weighted by atomic mass is 10.0. The van der Waals surface area contributed by atoms with E-state index in [2.05, 4.69) is 30.4 Å². The standard InChI is InChI=1S/C19H25NO2/c1-2-3-13-22-14-7-12-20-19(21)15-17-10-6-9-16-8-4-5-11-18(16)17/h4-6,8-11H,2-3,7,12-15H2,1H3,(H,20,21). The van der Waals surface area contributed by atoms with Crippen molar-refractivity contribution in [2.75, 3.05) is 19.8 Å². The monoisotopic (exact) mass is 299 g/mol. The molecule has 0 saturated carbocycles. The van der Waals surface area contributed by atoms with Crippen LogP contribution in [-0.2, 0) is 16.0 Å². The summed E-state index contributed by atoms with van der Waals surface area (Å²) >= 11 is 0. The summed E-state index contributed by atoms with van der Waals surface area (Å²) in [4.78, 5) is 12.0. The summed E-state index contributed by atoms with van der Waals surface area (Å²) in [5, 5.41) is 5.30. The summed E-state index contributed by atoms with van der Waals surface area (Å²) in [6, 6.07) is 14.3. The molecule has 0 bridgehead atoms. The van der Waals surface area contributed by atoms with Crippen molar-refractivity contribution in [3.8, 4) is 0 Å². The molecule has 2 aromatic carbocycles. The van der Waals surface area contributed by atoms with E-state index >= 15 is 0 Å². The van der Waals surface area contributed by atoms with Gasteiger partial charge in [-0.15, -0.1) is 0 Å². The maximum atomic E-state index is 12.0. The molecule has 1 amide bonds. The van der Waals surface area contributed by atoms with Crippen LogP contribution in [-0.4, -0.2) is 25.7 Å². The molecule has 3 nitrogen and oxygen atoms in total. The van der Waals surface area contributed by atoms with Gasteiger partial charge in [0.2, 0.25) is 5.91 Å². The molecule has 0 aromatic heterocycles. The van der Waals surface area contributed by atoms with Crippen LogP contribution < -0.4 is 5.32 Å². The number of fused-ring (bicyclic) bond motifs is 1. The zero-order chi connectivity index (χ0) is 15.6. The Balaban J connectivity index is 1.75. The topological polar surface area (TPSA) is 38.3 Å². The van der Waals surface area contributed by atoms with E-state index in [0.717, 1.165) is 36.8 Å². The van der Waals surface area contributed by atoms with Crippen molar-refractivity contribution >= 4 is 16.7 Å². The van der Waals surface area contributed by atoms with Crippen LogP contribution in [0.15, 0.2) is 42.5 Å². The molecule has 0 aliphatic heterocycles. The van der Waals surface area contributed by atoms with Gasteiger partial charge in [-0.25, -0.2) is 0 Å². The van der Waals surface area contributed by atoms with E-state index in [9.17, 15) is 4.79 Å². The van der Waals surface area contributed by atoms with E-state index in [1.165, 1.54) is 5.39 Å². The van der Waals surface area contributed by atoms with Crippen molar-refractivity contribution < 1.29 is 9.53 Å². The number of ether oxygens (including phenoxy) is 1. The third-order valence-electron chi connectivity index (χ3n) is 3.66. The molecule has 2 rings (SSSR count). The van der Waals surface area contributed by atoms with E-state index < -0.39 is 0 Å². The smallest absolute Gasteiger partial charge is 0.224 e. The number of nitrogens with one attached hydrogen (secondary N) is 1. The predicted molar refractivity (Wildman–Crippen MR) is 91.0 cm³/mol. The third-order valence-corrected chi connectivity index (χ3v) is 3.66. The van der Waals surface area contributed by atoms with E-state index in [4.69, 9.17) is 4.74 Å². The molecular formula is C19H25NO2. The molecule has 0 fully saturated rings. The van der Waals surface area contributed by atoms with Gasteiger partial charge in [-0.05, 0) is 29.2 Å². The number of carbonyl (C=O) groups excluding carboxylic acids is 1. The van der Waals surface area contributed by atoms with Crippen LogP contribution in [0.3, 0.4) is 0 Å². The van der Waals surface area contributed by atoms with Crippen LogP contribution in [0.2, 0.25) is 0 Å². The Morgan fingerprint density at radius 2 is 1.82 bits per heavy atom. The average molecular weight is 299 g/mol. The second kappa shape index (κ2) is 9.21. The first kappa shape index (κ1) is 16.5. The first-order valence-electron chi connectivity index (χ1n) is 8.12. The number of amides is 1. The molecular weight excluding hydrogens is 274 g/mol. The molecule has 22 heavy (non-hydrogen) atoms. The fraction of sp³-hybridized carbons (Fsp3) is 0.421. The minimum Gasteiger partial charge on any atom is -0.381 e. The van der Waals surface area contributed by atoms with Crippen molar-refractivity contribution in [2.24, 2.45) is 0 Å². The number of benzene rings is 2. The third kappa shape index (κ3) is 5.15. The van der Waals surface area contributed by atoms with Gasteiger partial charge in [-0.3, -0.25) is 4.79 Å². The SMILES string of the molecule is CCCCOCCCNC(=O)Cc1cccc2ccccc12. The maximum Gasteiger partial charge on any atom is 0.224 e. The lowest BCUT2D eigenvalue weighted by Gasteiger charge is -2.08. The fourth-order valence-electron chi connectivity index (χ4n) is 2.43. The minimum absolute atomic E-state index is 0.0740. The highest BCUT2D eigenvalue weighted by molar-refractivity contribution is 5.90. The van der Waals surface area contributed by atoms with Crippen molar-refractivity contribution in [2.45, 2.75) is 32.6 Å². The first-order chi connectivity index (χ1) is 10.8. The van der Waals surface area contributed by atoms with E-state index in [-0.39, 0.29) is 5.91 Å². The fourth-order valence-corrected chi connectivity index (χ4v) is 2.43. The van der Waals surface area contributed by atoms with Crippen LogP contribution in [0.4, 0.5) is 0 Å². The van der Waals surface area contributed by atoms with Crippen LogP contribution >= 0.6 is 0 Å². The lowest BCUT2D eigenvalue weighted by molar-refractivity contribution is -0.120. The van der Waals surface area contributed by atoms with Gasteiger partial charge < -0.3 is 10.1 Å². The first-order valence-corrected chi connectivity index (χ1v) is 8.12. The van der Waals surface area contributed by atoms with Crippen molar-refractivity contribution in [3.05, 3.63) is 48.0 Å². The van der Waals surface area contributed by atoms with E-state index in [1.807, 2.05) is 24.3 Å². The molecule has 1 N–H and O–H groups in total. The average Bonchev–Trinajstić information content (AvgIpc) is 2.54. The number of carbonyl (C=O) groups is 1. The number of hydrogen-bond donors (Lipinski definition) is 1. The molecule has 0 saturated heterocycles. The van der Waals surface area contributed by atoms with Gasteiger partial charge >= 0.3 is 0 Å². The number of hydrogen-bond acceptors (Lipinski definition) is 2. The molecule has 0 radical (unpaired) electrons. The van der Waals surface area contributed by atoms with Crippen LogP contribution in [0.25, 0.3) is 10.8 Å². The van der Waals surface area contributed by atoms with Crippen LogP contribution in [0.1, 0.15) is 31.7 Å². The van der Waals surface area contributed by atoms with E-state index in [1.54, 1.807) is 0 Å². The molecule has 0 heterocycles.